The number of allylic oxidation sites excluding steroid dienone is 2. The van der Waals surface area contributed by atoms with Crippen molar-refractivity contribution in [1.82, 2.24) is 10.6 Å². The zero-order valence-electron chi connectivity index (χ0n) is 8.22. The minimum absolute atomic E-state index is 0.596. The normalized spacial score (nSPS) is 33.8. The number of piperidine rings is 1. The smallest absolute Gasteiger partial charge is 0.0156 e. The fraction of sp³-hybridized carbons (Fsp3) is 0.636. The molecule has 0 saturated carbocycles. The average molecular weight is 178 g/mol. The van der Waals surface area contributed by atoms with Crippen molar-refractivity contribution in [3.8, 4) is 0 Å². The van der Waals surface area contributed by atoms with Gasteiger partial charge < -0.3 is 10.6 Å². The molecule has 2 rings (SSSR count). The number of rotatable bonds is 1. The molecular weight excluding hydrogens is 160 g/mol. The molecule has 0 aromatic heterocycles. The highest BCUT2D eigenvalue weighted by atomic mass is 14.9. The maximum Gasteiger partial charge on any atom is 0.0156 e. The first-order valence-corrected chi connectivity index (χ1v) is 5.22. The van der Waals surface area contributed by atoms with Crippen molar-refractivity contribution < 1.29 is 0 Å². The summed E-state index contributed by atoms with van der Waals surface area (Å²) in [5.41, 5.74) is 1.42. The van der Waals surface area contributed by atoms with Gasteiger partial charge in [0.05, 0.1) is 0 Å². The standard InChI is InChI=1S/C11H18N2/c1-9-4-6-13-11(7-9)10-3-2-5-12-8-10/h4,6-7,9-10,12-13H,2-3,5,8H2,1H3. The van der Waals surface area contributed by atoms with Crippen LogP contribution >= 0.6 is 0 Å². The molecule has 2 atom stereocenters. The Morgan fingerprint density at radius 3 is 3.08 bits per heavy atom. The van der Waals surface area contributed by atoms with Crippen molar-refractivity contribution in [2.24, 2.45) is 11.8 Å². The second-order valence-corrected chi connectivity index (χ2v) is 4.03. The lowest BCUT2D eigenvalue weighted by Gasteiger charge is -2.27. The van der Waals surface area contributed by atoms with Crippen LogP contribution in [0.1, 0.15) is 19.8 Å². The van der Waals surface area contributed by atoms with E-state index >= 15 is 0 Å². The number of nitrogens with one attached hydrogen (secondary N) is 2. The molecule has 0 bridgehead atoms. The zero-order valence-corrected chi connectivity index (χ0v) is 8.22. The maximum atomic E-state index is 3.44. The van der Waals surface area contributed by atoms with Crippen molar-refractivity contribution in [3.63, 3.8) is 0 Å². The van der Waals surface area contributed by atoms with Crippen molar-refractivity contribution >= 4 is 0 Å². The molecule has 2 unspecified atom stereocenters. The van der Waals surface area contributed by atoms with E-state index in [1.54, 1.807) is 0 Å². The lowest BCUT2D eigenvalue weighted by molar-refractivity contribution is 0.408. The molecule has 2 aliphatic heterocycles. The van der Waals surface area contributed by atoms with Crippen LogP contribution in [0.2, 0.25) is 0 Å². The van der Waals surface area contributed by atoms with Crippen LogP contribution in [0.3, 0.4) is 0 Å². The third-order valence-electron chi connectivity index (χ3n) is 2.83. The van der Waals surface area contributed by atoms with Gasteiger partial charge in [-0.2, -0.15) is 0 Å². The Kier molecular flexibility index (Phi) is 2.69. The highest BCUT2D eigenvalue weighted by Crippen LogP contribution is 2.21. The second kappa shape index (κ2) is 3.97. The zero-order chi connectivity index (χ0) is 9.10. The van der Waals surface area contributed by atoms with E-state index < -0.39 is 0 Å². The quantitative estimate of drug-likeness (QED) is 0.637. The third kappa shape index (κ3) is 2.13. The van der Waals surface area contributed by atoms with Gasteiger partial charge in [-0.25, -0.2) is 0 Å². The fourth-order valence-electron chi connectivity index (χ4n) is 2.05. The summed E-state index contributed by atoms with van der Waals surface area (Å²) in [6, 6.07) is 0. The van der Waals surface area contributed by atoms with Gasteiger partial charge in [-0.15, -0.1) is 0 Å². The topological polar surface area (TPSA) is 24.1 Å². The number of dihydropyridines is 1. The minimum atomic E-state index is 0.596. The molecule has 13 heavy (non-hydrogen) atoms. The molecule has 2 heterocycles. The van der Waals surface area contributed by atoms with Gasteiger partial charge >= 0.3 is 0 Å². The van der Waals surface area contributed by atoms with Crippen LogP contribution in [-0.2, 0) is 0 Å². The summed E-state index contributed by atoms with van der Waals surface area (Å²) in [7, 11) is 0. The number of hydrogen-bond acceptors (Lipinski definition) is 2. The predicted molar refractivity (Wildman–Crippen MR) is 55.1 cm³/mol. The van der Waals surface area contributed by atoms with Crippen LogP contribution in [0.15, 0.2) is 24.0 Å². The van der Waals surface area contributed by atoms with Gasteiger partial charge in [0.2, 0.25) is 0 Å². The summed E-state index contributed by atoms with van der Waals surface area (Å²) in [4.78, 5) is 0. The van der Waals surface area contributed by atoms with Gasteiger partial charge in [0.1, 0.15) is 0 Å². The van der Waals surface area contributed by atoms with E-state index in [9.17, 15) is 0 Å². The summed E-state index contributed by atoms with van der Waals surface area (Å²) in [6.45, 7) is 4.56. The van der Waals surface area contributed by atoms with Crippen LogP contribution in [0, 0.1) is 11.8 Å². The Balaban J connectivity index is 1.98. The highest BCUT2D eigenvalue weighted by molar-refractivity contribution is 5.17. The predicted octanol–water partition coefficient (Wildman–Crippen LogP) is 1.62. The molecule has 2 aliphatic rings. The van der Waals surface area contributed by atoms with Crippen molar-refractivity contribution in [3.05, 3.63) is 24.0 Å². The lowest BCUT2D eigenvalue weighted by Crippen LogP contribution is -2.34. The summed E-state index contributed by atoms with van der Waals surface area (Å²) in [5.74, 6) is 1.30. The largest absolute Gasteiger partial charge is 0.365 e. The van der Waals surface area contributed by atoms with Crippen molar-refractivity contribution in [2.75, 3.05) is 13.1 Å². The van der Waals surface area contributed by atoms with Crippen LogP contribution in [0.4, 0.5) is 0 Å². The summed E-state index contributed by atoms with van der Waals surface area (Å²) >= 11 is 0. The van der Waals surface area contributed by atoms with Crippen LogP contribution < -0.4 is 10.6 Å². The first kappa shape index (κ1) is 8.82. The summed E-state index contributed by atoms with van der Waals surface area (Å²) in [5, 5.41) is 6.80. The molecule has 0 aromatic rings. The van der Waals surface area contributed by atoms with E-state index in [1.165, 1.54) is 25.1 Å². The second-order valence-electron chi connectivity index (χ2n) is 4.03. The van der Waals surface area contributed by atoms with Gasteiger partial charge in [0, 0.05) is 18.2 Å². The monoisotopic (exact) mass is 178 g/mol. The Labute approximate surface area is 80.1 Å². The van der Waals surface area contributed by atoms with E-state index in [4.69, 9.17) is 0 Å². The van der Waals surface area contributed by atoms with E-state index in [0.29, 0.717) is 11.8 Å². The van der Waals surface area contributed by atoms with Gasteiger partial charge in [-0.05, 0) is 31.5 Å². The van der Waals surface area contributed by atoms with E-state index in [1.807, 2.05) is 0 Å². The van der Waals surface area contributed by atoms with Crippen LogP contribution in [0.25, 0.3) is 0 Å². The van der Waals surface area contributed by atoms with Gasteiger partial charge in [0.15, 0.2) is 0 Å². The van der Waals surface area contributed by atoms with Gasteiger partial charge in [-0.3, -0.25) is 0 Å². The van der Waals surface area contributed by atoms with Crippen molar-refractivity contribution in [1.29, 1.82) is 0 Å². The molecule has 2 N–H and O–H groups in total. The van der Waals surface area contributed by atoms with Crippen molar-refractivity contribution in [2.45, 2.75) is 19.8 Å². The molecule has 0 amide bonds. The summed E-state index contributed by atoms with van der Waals surface area (Å²) in [6.07, 6.45) is 9.25. The van der Waals surface area contributed by atoms with Gasteiger partial charge in [0.25, 0.3) is 0 Å². The molecule has 2 heteroatoms. The van der Waals surface area contributed by atoms with Gasteiger partial charge in [-0.1, -0.05) is 19.1 Å². The van der Waals surface area contributed by atoms with E-state index in [2.05, 4.69) is 35.9 Å². The molecule has 0 aliphatic carbocycles. The molecule has 0 radical (unpaired) electrons. The summed E-state index contributed by atoms with van der Waals surface area (Å²) < 4.78 is 0. The molecule has 72 valence electrons. The Morgan fingerprint density at radius 2 is 2.38 bits per heavy atom. The SMILES string of the molecule is CC1C=CNC(C2CCCNC2)=C1. The molecular formula is C11H18N2. The first-order chi connectivity index (χ1) is 6.36. The molecule has 0 aromatic carbocycles. The molecule has 0 spiro atoms. The Morgan fingerprint density at radius 1 is 1.46 bits per heavy atom. The third-order valence-corrected chi connectivity index (χ3v) is 2.83. The van der Waals surface area contributed by atoms with Crippen LogP contribution in [0.5, 0.6) is 0 Å². The lowest BCUT2D eigenvalue weighted by atomic mass is 9.92. The average Bonchev–Trinajstić information content (AvgIpc) is 2.19. The minimum Gasteiger partial charge on any atom is -0.365 e. The maximum absolute atomic E-state index is 3.44. The fourth-order valence-corrected chi connectivity index (χ4v) is 2.05. The highest BCUT2D eigenvalue weighted by Gasteiger charge is 2.18. The van der Waals surface area contributed by atoms with E-state index in [0.717, 1.165) is 6.54 Å². The first-order valence-electron chi connectivity index (χ1n) is 5.22. The van der Waals surface area contributed by atoms with E-state index in [-0.39, 0.29) is 0 Å². The molecule has 1 saturated heterocycles. The van der Waals surface area contributed by atoms with Crippen LogP contribution in [-0.4, -0.2) is 13.1 Å². The Bertz CT molecular complexity index is 224. The molecule has 1 fully saturated rings. The number of hydrogen-bond donors (Lipinski definition) is 2. The molecule has 2 nitrogen and oxygen atoms in total. The Hall–Kier alpha value is -0.760.